The Morgan fingerprint density at radius 2 is 2.06 bits per heavy atom. The molecular formula is C13H14ClNO. The average molecular weight is 236 g/mol. The summed E-state index contributed by atoms with van der Waals surface area (Å²) < 4.78 is 0. The molecule has 1 N–H and O–H groups in total. The third-order valence-electron chi connectivity index (χ3n) is 2.75. The molecule has 0 atom stereocenters. The van der Waals surface area contributed by atoms with Crippen LogP contribution >= 0.6 is 11.6 Å². The molecule has 0 saturated carbocycles. The van der Waals surface area contributed by atoms with E-state index in [1.165, 1.54) is 0 Å². The zero-order chi connectivity index (χ0) is 11.9. The second-order valence-electron chi connectivity index (χ2n) is 4.32. The highest BCUT2D eigenvalue weighted by Crippen LogP contribution is 2.32. The van der Waals surface area contributed by atoms with Gasteiger partial charge in [0.1, 0.15) is 0 Å². The first kappa shape index (κ1) is 11.2. The minimum atomic E-state index is 0.0604. The Hall–Kier alpha value is -1.28. The van der Waals surface area contributed by atoms with Crippen LogP contribution in [-0.2, 0) is 0 Å². The van der Waals surface area contributed by atoms with Crippen LogP contribution in [-0.4, -0.2) is 10.8 Å². The molecule has 84 valence electrons. The number of carbonyl (C=O) groups is 1. The van der Waals surface area contributed by atoms with E-state index >= 15 is 0 Å². The fraction of sp³-hybridized carbons (Fsp3) is 0.308. The van der Waals surface area contributed by atoms with Gasteiger partial charge in [0.2, 0.25) is 0 Å². The number of nitrogens with one attached hydrogen (secondary N) is 1. The minimum absolute atomic E-state index is 0.0604. The highest BCUT2D eigenvalue weighted by atomic mass is 35.5. The van der Waals surface area contributed by atoms with Gasteiger partial charge in [-0.2, -0.15) is 0 Å². The van der Waals surface area contributed by atoms with Crippen LogP contribution in [0.5, 0.6) is 0 Å². The van der Waals surface area contributed by atoms with Crippen LogP contribution in [0.1, 0.15) is 42.7 Å². The number of carbonyl (C=O) groups excluding carboxylic acids is 1. The van der Waals surface area contributed by atoms with Gasteiger partial charge in [0.15, 0.2) is 5.78 Å². The molecule has 2 aromatic rings. The van der Waals surface area contributed by atoms with Gasteiger partial charge >= 0.3 is 0 Å². The summed E-state index contributed by atoms with van der Waals surface area (Å²) in [6.45, 7) is 5.73. The van der Waals surface area contributed by atoms with Crippen molar-refractivity contribution < 1.29 is 4.79 Å². The molecule has 0 aliphatic carbocycles. The molecule has 0 fully saturated rings. The van der Waals surface area contributed by atoms with Gasteiger partial charge < -0.3 is 4.98 Å². The number of rotatable bonds is 2. The lowest BCUT2D eigenvalue weighted by molar-refractivity contribution is 0.101. The first-order valence-corrected chi connectivity index (χ1v) is 5.70. The van der Waals surface area contributed by atoms with E-state index in [1.807, 2.05) is 18.2 Å². The van der Waals surface area contributed by atoms with Crippen LogP contribution in [0.25, 0.3) is 10.9 Å². The third kappa shape index (κ3) is 1.74. The first-order valence-electron chi connectivity index (χ1n) is 5.32. The number of aromatic nitrogens is 1. The Morgan fingerprint density at radius 3 is 2.62 bits per heavy atom. The Bertz CT molecular complexity index is 554. The van der Waals surface area contributed by atoms with Crippen molar-refractivity contribution >= 4 is 28.3 Å². The van der Waals surface area contributed by atoms with Crippen LogP contribution < -0.4 is 0 Å². The number of Topliss-reactive ketones (excluding diaryl/α,β-unsaturated/α-hetero) is 1. The molecule has 0 amide bonds. The summed E-state index contributed by atoms with van der Waals surface area (Å²) in [6.07, 6.45) is 0. The molecule has 1 aromatic heterocycles. The summed E-state index contributed by atoms with van der Waals surface area (Å²) in [7, 11) is 0. The predicted molar refractivity (Wildman–Crippen MR) is 67.4 cm³/mol. The Kier molecular flexibility index (Phi) is 2.76. The summed E-state index contributed by atoms with van der Waals surface area (Å²) in [5.41, 5.74) is 2.71. The number of ketones is 1. The van der Waals surface area contributed by atoms with E-state index in [0.717, 1.165) is 21.6 Å². The Balaban J connectivity index is 2.69. The standard InChI is InChI=1S/C13H14ClNO/c1-7(2)13-12(14)10-6-9(8(3)16)4-5-11(10)15-13/h4-7,15H,1-3H3. The van der Waals surface area contributed by atoms with Crippen LogP contribution in [0.3, 0.4) is 0 Å². The predicted octanol–water partition coefficient (Wildman–Crippen LogP) is 4.15. The smallest absolute Gasteiger partial charge is 0.159 e. The highest BCUT2D eigenvalue weighted by molar-refractivity contribution is 6.36. The van der Waals surface area contributed by atoms with Crippen molar-refractivity contribution in [2.45, 2.75) is 26.7 Å². The number of H-pyrrole nitrogens is 1. The van der Waals surface area contributed by atoms with Crippen molar-refractivity contribution in [3.05, 3.63) is 34.5 Å². The molecule has 0 bridgehead atoms. The molecule has 0 spiro atoms. The fourth-order valence-electron chi connectivity index (χ4n) is 1.80. The van der Waals surface area contributed by atoms with Crippen LogP contribution in [0.4, 0.5) is 0 Å². The molecule has 0 radical (unpaired) electrons. The Morgan fingerprint density at radius 1 is 1.38 bits per heavy atom. The number of halogens is 1. The van der Waals surface area contributed by atoms with Crippen molar-refractivity contribution in [1.82, 2.24) is 4.98 Å². The van der Waals surface area contributed by atoms with E-state index in [2.05, 4.69) is 18.8 Å². The van der Waals surface area contributed by atoms with Gasteiger partial charge in [-0.15, -0.1) is 0 Å². The summed E-state index contributed by atoms with van der Waals surface area (Å²) in [5, 5.41) is 1.66. The molecule has 3 heteroatoms. The van der Waals surface area contributed by atoms with E-state index in [1.54, 1.807) is 6.92 Å². The molecule has 16 heavy (non-hydrogen) atoms. The van der Waals surface area contributed by atoms with E-state index < -0.39 is 0 Å². The number of aromatic amines is 1. The maximum Gasteiger partial charge on any atom is 0.159 e. The maximum atomic E-state index is 11.3. The minimum Gasteiger partial charge on any atom is -0.357 e. The van der Waals surface area contributed by atoms with Crippen molar-refractivity contribution in [2.24, 2.45) is 0 Å². The van der Waals surface area contributed by atoms with Gasteiger partial charge in [-0.1, -0.05) is 25.4 Å². The lowest BCUT2D eigenvalue weighted by Crippen LogP contribution is -1.90. The summed E-state index contributed by atoms with van der Waals surface area (Å²) >= 11 is 6.29. The van der Waals surface area contributed by atoms with E-state index in [9.17, 15) is 4.79 Å². The van der Waals surface area contributed by atoms with Gasteiger partial charge in [-0.25, -0.2) is 0 Å². The van der Waals surface area contributed by atoms with Gasteiger partial charge in [0.25, 0.3) is 0 Å². The molecule has 2 rings (SSSR count). The van der Waals surface area contributed by atoms with Crippen LogP contribution in [0.2, 0.25) is 5.02 Å². The number of fused-ring (bicyclic) bond motifs is 1. The summed E-state index contributed by atoms with van der Waals surface area (Å²) in [5.74, 6) is 0.408. The number of hydrogen-bond acceptors (Lipinski definition) is 1. The largest absolute Gasteiger partial charge is 0.357 e. The van der Waals surface area contributed by atoms with Gasteiger partial charge in [-0.05, 0) is 31.0 Å². The normalized spacial score (nSPS) is 11.3. The molecule has 2 nitrogen and oxygen atoms in total. The second kappa shape index (κ2) is 3.95. The third-order valence-corrected chi connectivity index (χ3v) is 3.15. The van der Waals surface area contributed by atoms with E-state index in [-0.39, 0.29) is 5.78 Å². The average Bonchev–Trinajstić information content (AvgIpc) is 2.56. The molecule has 0 aliphatic heterocycles. The zero-order valence-electron chi connectivity index (χ0n) is 9.60. The van der Waals surface area contributed by atoms with Crippen molar-refractivity contribution in [3.63, 3.8) is 0 Å². The summed E-state index contributed by atoms with van der Waals surface area (Å²) in [6, 6.07) is 5.58. The van der Waals surface area contributed by atoms with Crippen LogP contribution in [0.15, 0.2) is 18.2 Å². The molecule has 1 heterocycles. The van der Waals surface area contributed by atoms with Gasteiger partial charge in [0.05, 0.1) is 5.02 Å². The summed E-state index contributed by atoms with van der Waals surface area (Å²) in [4.78, 5) is 14.6. The topological polar surface area (TPSA) is 32.9 Å². The molecule has 0 saturated heterocycles. The highest BCUT2D eigenvalue weighted by Gasteiger charge is 2.13. The Labute approximate surface area is 99.6 Å². The van der Waals surface area contributed by atoms with Crippen molar-refractivity contribution in [1.29, 1.82) is 0 Å². The van der Waals surface area contributed by atoms with Crippen molar-refractivity contribution in [2.75, 3.05) is 0 Å². The first-order chi connectivity index (χ1) is 7.50. The fourth-order valence-corrected chi connectivity index (χ4v) is 2.22. The monoisotopic (exact) mass is 235 g/mol. The quantitative estimate of drug-likeness (QED) is 0.780. The lowest BCUT2D eigenvalue weighted by atomic mass is 10.1. The number of hydrogen-bond donors (Lipinski definition) is 1. The maximum absolute atomic E-state index is 11.3. The lowest BCUT2D eigenvalue weighted by Gasteiger charge is -2.00. The zero-order valence-corrected chi connectivity index (χ0v) is 10.4. The van der Waals surface area contributed by atoms with Crippen LogP contribution in [0, 0.1) is 0 Å². The molecule has 0 unspecified atom stereocenters. The molecule has 0 aliphatic rings. The SMILES string of the molecule is CC(=O)c1ccc2[nH]c(C(C)C)c(Cl)c2c1. The van der Waals surface area contributed by atoms with Gasteiger partial charge in [-0.3, -0.25) is 4.79 Å². The van der Waals surface area contributed by atoms with Crippen molar-refractivity contribution in [3.8, 4) is 0 Å². The second-order valence-corrected chi connectivity index (χ2v) is 4.70. The number of benzene rings is 1. The van der Waals surface area contributed by atoms with E-state index in [4.69, 9.17) is 11.6 Å². The van der Waals surface area contributed by atoms with E-state index in [0.29, 0.717) is 11.5 Å². The molecular weight excluding hydrogens is 222 g/mol. The molecule has 1 aromatic carbocycles. The van der Waals surface area contributed by atoms with Gasteiger partial charge in [0, 0.05) is 22.2 Å².